The molecule has 3 rings (SSSR count). The minimum atomic E-state index is -1.13. The highest BCUT2D eigenvalue weighted by atomic mass is 32.2. The molecular weight excluding hydrogens is 288 g/mol. The Hall–Kier alpha value is -2.19. The normalized spacial score (nSPS) is 12.3. The van der Waals surface area contributed by atoms with Gasteiger partial charge in [0, 0.05) is 4.90 Å². The van der Waals surface area contributed by atoms with Crippen LogP contribution in [0.1, 0.15) is 21.9 Å². The highest BCUT2D eigenvalue weighted by molar-refractivity contribution is 7.85. The summed E-state index contributed by atoms with van der Waals surface area (Å²) in [6.45, 7) is 2.01. The van der Waals surface area contributed by atoms with E-state index >= 15 is 0 Å². The van der Waals surface area contributed by atoms with Crippen molar-refractivity contribution in [3.8, 4) is 0 Å². The average molecular weight is 306 g/mol. The Morgan fingerprint density at radius 1 is 0.682 bits per heavy atom. The van der Waals surface area contributed by atoms with Gasteiger partial charge in [-0.2, -0.15) is 0 Å². The van der Waals surface area contributed by atoms with Crippen molar-refractivity contribution in [3.05, 3.63) is 102 Å². The van der Waals surface area contributed by atoms with E-state index in [2.05, 4.69) is 0 Å². The molecule has 3 aromatic rings. The molecule has 22 heavy (non-hydrogen) atoms. The molecule has 1 atom stereocenters. The van der Waals surface area contributed by atoms with Gasteiger partial charge in [0.05, 0.1) is 16.0 Å². The molecule has 0 saturated carbocycles. The monoisotopic (exact) mass is 306 g/mol. The van der Waals surface area contributed by atoms with Gasteiger partial charge in [-0.25, -0.2) is 0 Å². The fourth-order valence-corrected chi connectivity index (χ4v) is 4.27. The molecule has 0 fully saturated rings. The van der Waals surface area contributed by atoms with Gasteiger partial charge in [-0.1, -0.05) is 78.9 Å². The fraction of sp³-hybridized carbons (Fsp3) is 0.100. The summed E-state index contributed by atoms with van der Waals surface area (Å²) in [5.41, 5.74) is 3.23. The highest BCUT2D eigenvalue weighted by Crippen LogP contribution is 2.32. The lowest BCUT2D eigenvalue weighted by atomic mass is 10.0. The van der Waals surface area contributed by atoms with Gasteiger partial charge in [0.25, 0.3) is 0 Å². The summed E-state index contributed by atoms with van der Waals surface area (Å²) in [7, 11) is -1.13. The molecule has 110 valence electrons. The number of hydrogen-bond donors (Lipinski definition) is 0. The van der Waals surface area contributed by atoms with E-state index in [0.29, 0.717) is 0 Å². The zero-order valence-electron chi connectivity index (χ0n) is 12.5. The number of hydrogen-bond acceptors (Lipinski definition) is 1. The number of aryl methyl sites for hydroxylation is 1. The summed E-state index contributed by atoms with van der Waals surface area (Å²) in [4.78, 5) is 0.903. The van der Waals surface area contributed by atoms with Crippen molar-refractivity contribution in [2.45, 2.75) is 17.1 Å². The van der Waals surface area contributed by atoms with E-state index in [4.69, 9.17) is 0 Å². The van der Waals surface area contributed by atoms with Crippen LogP contribution in [0.5, 0.6) is 0 Å². The Morgan fingerprint density at radius 3 is 1.64 bits per heavy atom. The van der Waals surface area contributed by atoms with Crippen LogP contribution in [0.2, 0.25) is 0 Å². The molecule has 1 nitrogen and oxygen atoms in total. The molecule has 3 aromatic carbocycles. The molecule has 0 N–H and O–H groups in total. The van der Waals surface area contributed by atoms with Crippen LogP contribution >= 0.6 is 0 Å². The lowest BCUT2D eigenvalue weighted by Crippen LogP contribution is -2.10. The number of rotatable bonds is 4. The molecule has 0 aliphatic carbocycles. The van der Waals surface area contributed by atoms with Gasteiger partial charge in [-0.15, -0.1) is 0 Å². The van der Waals surface area contributed by atoms with Crippen LogP contribution in [0.25, 0.3) is 0 Å². The Labute approximate surface area is 134 Å². The van der Waals surface area contributed by atoms with Crippen molar-refractivity contribution in [3.63, 3.8) is 0 Å². The predicted octanol–water partition coefficient (Wildman–Crippen LogP) is 4.89. The van der Waals surface area contributed by atoms with Gasteiger partial charge >= 0.3 is 0 Å². The summed E-state index contributed by atoms with van der Waals surface area (Å²) >= 11 is 0. The standard InChI is InChI=1S/C20H18OS/c1-16-10-8-9-15-19(16)22(21)20(17-11-4-2-5-12-17)18-13-6-3-7-14-18/h2-15,20H,1H3. The van der Waals surface area contributed by atoms with Crippen molar-refractivity contribution < 1.29 is 4.21 Å². The molecule has 0 aliphatic rings. The zero-order chi connectivity index (χ0) is 15.4. The maximum absolute atomic E-state index is 13.3. The van der Waals surface area contributed by atoms with E-state index in [1.165, 1.54) is 0 Å². The molecule has 0 saturated heterocycles. The molecule has 0 spiro atoms. The highest BCUT2D eigenvalue weighted by Gasteiger charge is 2.23. The first-order chi connectivity index (χ1) is 10.8. The summed E-state index contributed by atoms with van der Waals surface area (Å²) in [6.07, 6.45) is 0. The van der Waals surface area contributed by atoms with Crippen LogP contribution in [-0.2, 0) is 10.8 Å². The van der Waals surface area contributed by atoms with Crippen molar-refractivity contribution in [2.24, 2.45) is 0 Å². The van der Waals surface area contributed by atoms with Crippen molar-refractivity contribution in [2.75, 3.05) is 0 Å². The lowest BCUT2D eigenvalue weighted by molar-refractivity contribution is 0.677. The largest absolute Gasteiger partial charge is 0.253 e. The van der Waals surface area contributed by atoms with Crippen molar-refractivity contribution >= 4 is 10.8 Å². The van der Waals surface area contributed by atoms with E-state index in [9.17, 15) is 4.21 Å². The second kappa shape index (κ2) is 6.71. The third-order valence-corrected chi connectivity index (χ3v) is 5.59. The predicted molar refractivity (Wildman–Crippen MR) is 92.3 cm³/mol. The molecule has 0 aromatic heterocycles. The molecule has 0 heterocycles. The maximum atomic E-state index is 13.3. The van der Waals surface area contributed by atoms with Crippen LogP contribution < -0.4 is 0 Å². The molecule has 2 heteroatoms. The van der Waals surface area contributed by atoms with E-state index in [0.717, 1.165) is 21.6 Å². The summed E-state index contributed by atoms with van der Waals surface area (Å²) < 4.78 is 13.3. The van der Waals surface area contributed by atoms with Gasteiger partial charge in [0.2, 0.25) is 0 Å². The Balaban J connectivity index is 2.11. The Kier molecular flexibility index (Phi) is 4.50. The topological polar surface area (TPSA) is 17.1 Å². The molecule has 0 bridgehead atoms. The molecule has 0 radical (unpaired) electrons. The van der Waals surface area contributed by atoms with E-state index < -0.39 is 10.8 Å². The Bertz CT molecular complexity index is 726. The minimum absolute atomic E-state index is 0.150. The van der Waals surface area contributed by atoms with Gasteiger partial charge in [-0.3, -0.25) is 4.21 Å². The van der Waals surface area contributed by atoms with Crippen LogP contribution in [0.3, 0.4) is 0 Å². The first-order valence-electron chi connectivity index (χ1n) is 7.33. The van der Waals surface area contributed by atoms with Crippen LogP contribution in [0.15, 0.2) is 89.8 Å². The maximum Gasteiger partial charge on any atom is 0.0893 e. The quantitative estimate of drug-likeness (QED) is 0.670. The van der Waals surface area contributed by atoms with Gasteiger partial charge in [0.15, 0.2) is 0 Å². The zero-order valence-corrected chi connectivity index (χ0v) is 13.3. The third kappa shape index (κ3) is 3.02. The van der Waals surface area contributed by atoms with Crippen LogP contribution in [0.4, 0.5) is 0 Å². The second-order valence-electron chi connectivity index (χ2n) is 5.26. The molecular formula is C20H18OS. The summed E-state index contributed by atoms with van der Waals surface area (Å²) in [6, 6.07) is 28.1. The lowest BCUT2D eigenvalue weighted by Gasteiger charge is -2.19. The summed E-state index contributed by atoms with van der Waals surface area (Å²) in [5, 5.41) is -0.150. The summed E-state index contributed by atoms with van der Waals surface area (Å²) in [5.74, 6) is 0. The minimum Gasteiger partial charge on any atom is -0.253 e. The number of benzene rings is 3. The Morgan fingerprint density at radius 2 is 1.14 bits per heavy atom. The van der Waals surface area contributed by atoms with Crippen molar-refractivity contribution in [1.29, 1.82) is 0 Å². The van der Waals surface area contributed by atoms with Gasteiger partial charge < -0.3 is 0 Å². The molecule has 0 aliphatic heterocycles. The van der Waals surface area contributed by atoms with Crippen molar-refractivity contribution in [1.82, 2.24) is 0 Å². The fourth-order valence-electron chi connectivity index (χ4n) is 2.60. The first kappa shape index (κ1) is 14.7. The smallest absolute Gasteiger partial charge is 0.0893 e. The molecule has 1 unspecified atom stereocenters. The molecule has 0 amide bonds. The third-order valence-electron chi connectivity index (χ3n) is 3.73. The van der Waals surface area contributed by atoms with E-state index in [1.807, 2.05) is 91.9 Å². The van der Waals surface area contributed by atoms with E-state index in [1.54, 1.807) is 0 Å². The average Bonchev–Trinajstić information content (AvgIpc) is 2.57. The van der Waals surface area contributed by atoms with Gasteiger partial charge in [0.1, 0.15) is 0 Å². The van der Waals surface area contributed by atoms with Crippen LogP contribution in [0, 0.1) is 6.92 Å². The second-order valence-corrected chi connectivity index (χ2v) is 6.77. The van der Waals surface area contributed by atoms with Crippen LogP contribution in [-0.4, -0.2) is 4.21 Å². The van der Waals surface area contributed by atoms with Gasteiger partial charge in [-0.05, 0) is 29.7 Å². The van der Waals surface area contributed by atoms with E-state index in [-0.39, 0.29) is 5.25 Å². The SMILES string of the molecule is Cc1ccccc1S(=O)C(c1ccccc1)c1ccccc1. The first-order valence-corrected chi connectivity index (χ1v) is 8.55.